The highest BCUT2D eigenvalue weighted by Crippen LogP contribution is 2.45. The number of carbonyl (C=O) groups excluding carboxylic acids is 1. The zero-order chi connectivity index (χ0) is 25.4. The van der Waals surface area contributed by atoms with Crippen LogP contribution < -0.4 is 0 Å². The SMILES string of the molecule is C=CC(=O)N1Cc2sc(CC)cc2[C@H](c2ccccc2-c2cn(Cc3cocn3)nc2C(C)(F)P)C1. The lowest BCUT2D eigenvalue weighted by atomic mass is 9.83. The van der Waals surface area contributed by atoms with Crippen molar-refractivity contribution in [3.63, 3.8) is 0 Å². The molecule has 0 N–H and O–H groups in total. The lowest BCUT2D eigenvalue weighted by Gasteiger charge is -2.33. The van der Waals surface area contributed by atoms with E-state index in [1.807, 2.05) is 29.3 Å². The summed E-state index contributed by atoms with van der Waals surface area (Å²) in [7, 11) is 2.26. The molecule has 0 fully saturated rings. The zero-order valence-corrected chi connectivity index (χ0v) is 22.2. The number of aryl methyl sites for hydroxylation is 1. The number of aromatic nitrogens is 3. The molecule has 186 valence electrons. The Morgan fingerprint density at radius 3 is 2.86 bits per heavy atom. The fourth-order valence-corrected chi connectivity index (χ4v) is 6.20. The highest BCUT2D eigenvalue weighted by Gasteiger charge is 2.34. The van der Waals surface area contributed by atoms with Crippen molar-refractivity contribution in [3.8, 4) is 11.1 Å². The number of rotatable bonds is 7. The minimum atomic E-state index is -1.74. The topological polar surface area (TPSA) is 64.2 Å². The molecule has 1 amide bonds. The van der Waals surface area contributed by atoms with Crippen LogP contribution in [0, 0.1) is 0 Å². The van der Waals surface area contributed by atoms with E-state index in [1.54, 1.807) is 22.3 Å². The van der Waals surface area contributed by atoms with Crippen molar-refractivity contribution < 1.29 is 13.6 Å². The van der Waals surface area contributed by atoms with Gasteiger partial charge in [-0.05, 0) is 42.2 Å². The van der Waals surface area contributed by atoms with Gasteiger partial charge in [-0.1, -0.05) is 47.0 Å². The van der Waals surface area contributed by atoms with E-state index in [4.69, 9.17) is 4.42 Å². The number of amides is 1. The Labute approximate surface area is 216 Å². The van der Waals surface area contributed by atoms with Crippen molar-refractivity contribution in [3.05, 3.63) is 94.1 Å². The molecule has 0 bridgehead atoms. The summed E-state index contributed by atoms with van der Waals surface area (Å²) in [6.45, 7) is 8.81. The number of hydrogen-bond donors (Lipinski definition) is 0. The van der Waals surface area contributed by atoms with Gasteiger partial charge in [-0.15, -0.1) is 11.3 Å². The van der Waals surface area contributed by atoms with Crippen LogP contribution in [0.4, 0.5) is 4.39 Å². The molecule has 3 atom stereocenters. The van der Waals surface area contributed by atoms with Gasteiger partial charge in [-0.25, -0.2) is 9.37 Å². The van der Waals surface area contributed by atoms with Gasteiger partial charge >= 0.3 is 0 Å². The predicted octanol–water partition coefficient (Wildman–Crippen LogP) is 5.89. The third kappa shape index (κ3) is 4.67. The average Bonchev–Trinajstić information content (AvgIpc) is 3.62. The molecule has 6 nitrogen and oxygen atoms in total. The van der Waals surface area contributed by atoms with Crippen LogP contribution in [0.15, 0.2) is 66.3 Å². The molecule has 9 heteroatoms. The lowest BCUT2D eigenvalue weighted by molar-refractivity contribution is -0.127. The fourth-order valence-electron chi connectivity index (χ4n) is 4.80. The van der Waals surface area contributed by atoms with E-state index in [1.165, 1.54) is 34.7 Å². The maximum atomic E-state index is 15.4. The number of carbonyl (C=O) groups is 1. The summed E-state index contributed by atoms with van der Waals surface area (Å²) in [4.78, 5) is 21.2. The second kappa shape index (κ2) is 9.75. The summed E-state index contributed by atoms with van der Waals surface area (Å²) in [5.41, 5.74) is 4.93. The normalized spacial score (nSPS) is 17.0. The number of fused-ring (bicyclic) bond motifs is 1. The van der Waals surface area contributed by atoms with Gasteiger partial charge in [0.2, 0.25) is 5.91 Å². The molecule has 0 spiro atoms. The first-order valence-corrected chi connectivity index (χ1v) is 13.2. The summed E-state index contributed by atoms with van der Waals surface area (Å²) in [6, 6.07) is 10.3. The van der Waals surface area contributed by atoms with E-state index in [9.17, 15) is 4.79 Å². The van der Waals surface area contributed by atoms with Crippen LogP contribution in [-0.2, 0) is 29.7 Å². The molecule has 36 heavy (non-hydrogen) atoms. The minimum absolute atomic E-state index is 0.0486. The van der Waals surface area contributed by atoms with Crippen LogP contribution in [0.25, 0.3) is 11.1 Å². The van der Waals surface area contributed by atoms with Gasteiger partial charge < -0.3 is 9.32 Å². The Morgan fingerprint density at radius 2 is 2.17 bits per heavy atom. The van der Waals surface area contributed by atoms with Crippen molar-refractivity contribution >= 4 is 26.5 Å². The van der Waals surface area contributed by atoms with Crippen LogP contribution in [0.2, 0.25) is 0 Å². The van der Waals surface area contributed by atoms with E-state index in [2.05, 4.69) is 45.0 Å². The summed E-state index contributed by atoms with van der Waals surface area (Å²) in [5.74, 6) is -0.135. The first-order chi connectivity index (χ1) is 17.3. The number of oxazole rings is 1. The van der Waals surface area contributed by atoms with Crippen molar-refractivity contribution in [1.29, 1.82) is 0 Å². The van der Waals surface area contributed by atoms with Crippen LogP contribution in [0.3, 0.4) is 0 Å². The molecule has 2 unspecified atom stereocenters. The summed E-state index contributed by atoms with van der Waals surface area (Å²) in [6.07, 6.45) is 7.10. The van der Waals surface area contributed by atoms with E-state index in [0.717, 1.165) is 17.5 Å². The van der Waals surface area contributed by atoms with Crippen LogP contribution in [0.1, 0.15) is 52.0 Å². The lowest BCUT2D eigenvalue weighted by Crippen LogP contribution is -2.37. The summed E-state index contributed by atoms with van der Waals surface area (Å²) >= 11 is 1.76. The second-order valence-corrected chi connectivity index (χ2v) is 11.5. The predicted molar refractivity (Wildman–Crippen MR) is 143 cm³/mol. The maximum Gasteiger partial charge on any atom is 0.246 e. The van der Waals surface area contributed by atoms with E-state index < -0.39 is 5.41 Å². The number of halogens is 1. The molecule has 4 aromatic rings. The Balaban J connectivity index is 1.64. The molecule has 1 aliphatic heterocycles. The first kappa shape index (κ1) is 24.6. The Kier molecular flexibility index (Phi) is 6.66. The molecule has 0 saturated heterocycles. The van der Waals surface area contributed by atoms with Gasteiger partial charge in [-0.2, -0.15) is 5.10 Å². The van der Waals surface area contributed by atoms with Gasteiger partial charge in [-0.3, -0.25) is 9.48 Å². The molecular weight excluding hydrogens is 494 g/mol. The number of thiophene rings is 1. The van der Waals surface area contributed by atoms with Gasteiger partial charge in [0.05, 0.1) is 13.1 Å². The van der Waals surface area contributed by atoms with Crippen molar-refractivity contribution in [2.45, 2.75) is 44.7 Å². The Bertz CT molecular complexity index is 1400. The van der Waals surface area contributed by atoms with Crippen molar-refractivity contribution in [2.75, 3.05) is 6.54 Å². The maximum absolute atomic E-state index is 15.4. The molecule has 1 aromatic carbocycles. The van der Waals surface area contributed by atoms with Crippen LogP contribution in [0.5, 0.6) is 0 Å². The van der Waals surface area contributed by atoms with Gasteiger partial charge in [0.1, 0.15) is 17.7 Å². The molecule has 1 aliphatic rings. The molecule has 3 aromatic heterocycles. The summed E-state index contributed by atoms with van der Waals surface area (Å²) < 4.78 is 22.2. The molecule has 0 aliphatic carbocycles. The molecular formula is C27H28FN4O2PS. The smallest absolute Gasteiger partial charge is 0.246 e. The fraction of sp³-hybridized carbons (Fsp3) is 0.296. The number of alkyl halides is 1. The Morgan fingerprint density at radius 1 is 1.36 bits per heavy atom. The number of hydrogen-bond acceptors (Lipinski definition) is 5. The van der Waals surface area contributed by atoms with Crippen LogP contribution in [-0.4, -0.2) is 32.1 Å². The highest BCUT2D eigenvalue weighted by molar-refractivity contribution is 7.18. The standard InChI is InChI=1S/C27H28FN4O2PS/c1-4-18-10-21-22(12-31(25(33)5-2)14-24(21)36-18)19-8-6-7-9-20(19)23-13-32(11-17-15-34-16-29-17)30-26(23)27(3,28)35/h5-10,13,15-16,22H,2,4,11-12,14,35H2,1,3H3/t22-,27?/m0/s1. The van der Waals surface area contributed by atoms with Gasteiger partial charge in [0.15, 0.2) is 11.8 Å². The quantitative estimate of drug-likeness (QED) is 0.224. The molecule has 0 radical (unpaired) electrons. The monoisotopic (exact) mass is 522 g/mol. The zero-order valence-electron chi connectivity index (χ0n) is 20.3. The molecule has 0 saturated carbocycles. The summed E-state index contributed by atoms with van der Waals surface area (Å²) in [5, 5.41) is 2.86. The second-order valence-electron chi connectivity index (χ2n) is 9.15. The van der Waals surface area contributed by atoms with E-state index >= 15 is 4.39 Å². The molecule has 4 heterocycles. The van der Waals surface area contributed by atoms with E-state index in [-0.39, 0.29) is 11.8 Å². The van der Waals surface area contributed by atoms with Crippen molar-refractivity contribution in [1.82, 2.24) is 19.7 Å². The minimum Gasteiger partial charge on any atom is -0.451 e. The van der Waals surface area contributed by atoms with Gasteiger partial charge in [0.25, 0.3) is 0 Å². The van der Waals surface area contributed by atoms with E-state index in [0.29, 0.717) is 36.6 Å². The largest absolute Gasteiger partial charge is 0.451 e. The van der Waals surface area contributed by atoms with Gasteiger partial charge in [0, 0.05) is 34.0 Å². The third-order valence-corrected chi connectivity index (χ3v) is 8.05. The van der Waals surface area contributed by atoms with Crippen molar-refractivity contribution in [2.24, 2.45) is 0 Å². The Hall–Kier alpha value is -3.09. The third-order valence-electron chi connectivity index (χ3n) is 6.50. The highest BCUT2D eigenvalue weighted by atomic mass is 32.1. The number of benzene rings is 1. The molecule has 5 rings (SSSR count). The number of nitrogens with zero attached hydrogens (tertiary/aromatic N) is 4. The van der Waals surface area contributed by atoms with Crippen LogP contribution >= 0.6 is 20.6 Å². The average molecular weight is 523 g/mol. The first-order valence-electron chi connectivity index (χ1n) is 11.8.